The number of aromatic nitrogens is 2. The molecule has 1 heterocycles. The Morgan fingerprint density at radius 2 is 2.09 bits per heavy atom. The number of halogens is 1. The van der Waals surface area contributed by atoms with Crippen molar-refractivity contribution in [1.29, 1.82) is 0 Å². The Bertz CT molecular complexity index is 693. The van der Waals surface area contributed by atoms with E-state index >= 15 is 0 Å². The number of benzene rings is 1. The average Bonchev–Trinajstić information content (AvgIpc) is 3.03. The van der Waals surface area contributed by atoms with Crippen LogP contribution in [0.5, 0.6) is 5.75 Å². The van der Waals surface area contributed by atoms with Crippen molar-refractivity contribution in [2.24, 2.45) is 0 Å². The van der Waals surface area contributed by atoms with Crippen LogP contribution >= 0.6 is 15.9 Å². The monoisotopic (exact) mass is 377 g/mol. The van der Waals surface area contributed by atoms with Crippen LogP contribution < -0.4 is 10.1 Å². The molecule has 1 fully saturated rings. The standard InChI is InChI=1S/C17H20BrN3O2/c1-23-15-11-12(18)7-8-14(15)17(22)20-16-9-10-19-21(16)13-5-3-2-4-6-13/h7-11,13H,2-6H2,1H3,(H,20,22). The molecule has 122 valence electrons. The van der Waals surface area contributed by atoms with Crippen molar-refractivity contribution in [3.8, 4) is 5.75 Å². The highest BCUT2D eigenvalue weighted by molar-refractivity contribution is 9.10. The van der Waals surface area contributed by atoms with Gasteiger partial charge < -0.3 is 10.1 Å². The van der Waals surface area contributed by atoms with E-state index in [9.17, 15) is 4.79 Å². The van der Waals surface area contributed by atoms with E-state index in [4.69, 9.17) is 4.74 Å². The van der Waals surface area contributed by atoms with Crippen molar-refractivity contribution < 1.29 is 9.53 Å². The predicted molar refractivity (Wildman–Crippen MR) is 93.0 cm³/mol. The lowest BCUT2D eigenvalue weighted by molar-refractivity contribution is 0.102. The molecule has 1 N–H and O–H groups in total. The largest absolute Gasteiger partial charge is 0.496 e. The zero-order valence-corrected chi connectivity index (χ0v) is 14.7. The zero-order valence-electron chi connectivity index (χ0n) is 13.1. The Hall–Kier alpha value is -1.82. The van der Waals surface area contributed by atoms with Crippen LogP contribution in [0, 0.1) is 0 Å². The number of methoxy groups -OCH3 is 1. The van der Waals surface area contributed by atoms with Crippen molar-refractivity contribution in [3.63, 3.8) is 0 Å². The number of nitrogens with zero attached hydrogens (tertiary/aromatic N) is 2. The molecule has 0 atom stereocenters. The van der Waals surface area contributed by atoms with Gasteiger partial charge in [-0.3, -0.25) is 4.79 Å². The summed E-state index contributed by atoms with van der Waals surface area (Å²) in [7, 11) is 1.56. The van der Waals surface area contributed by atoms with E-state index in [2.05, 4.69) is 26.3 Å². The summed E-state index contributed by atoms with van der Waals surface area (Å²) < 4.78 is 8.12. The third kappa shape index (κ3) is 3.58. The molecular formula is C17H20BrN3O2. The quantitative estimate of drug-likeness (QED) is 0.857. The van der Waals surface area contributed by atoms with Crippen LogP contribution in [-0.2, 0) is 0 Å². The van der Waals surface area contributed by atoms with Gasteiger partial charge in [-0.2, -0.15) is 5.10 Å². The summed E-state index contributed by atoms with van der Waals surface area (Å²) in [6.07, 6.45) is 7.70. The van der Waals surface area contributed by atoms with Crippen LogP contribution in [-0.4, -0.2) is 22.8 Å². The van der Waals surface area contributed by atoms with E-state index in [1.54, 1.807) is 25.4 Å². The minimum Gasteiger partial charge on any atom is -0.496 e. The number of hydrogen-bond acceptors (Lipinski definition) is 3. The summed E-state index contributed by atoms with van der Waals surface area (Å²) in [4.78, 5) is 12.6. The molecule has 0 unspecified atom stereocenters. The van der Waals surface area contributed by atoms with E-state index in [0.29, 0.717) is 17.4 Å². The van der Waals surface area contributed by atoms with Crippen LogP contribution in [0.1, 0.15) is 48.5 Å². The summed E-state index contributed by atoms with van der Waals surface area (Å²) in [5, 5.41) is 7.37. The van der Waals surface area contributed by atoms with Gasteiger partial charge in [-0.05, 0) is 31.0 Å². The van der Waals surface area contributed by atoms with Gasteiger partial charge in [0, 0.05) is 10.5 Å². The maximum absolute atomic E-state index is 12.6. The van der Waals surface area contributed by atoms with Crippen LogP contribution in [0.25, 0.3) is 0 Å². The first-order chi connectivity index (χ1) is 11.2. The molecule has 0 bridgehead atoms. The molecular weight excluding hydrogens is 358 g/mol. The first-order valence-electron chi connectivity index (χ1n) is 7.87. The van der Waals surface area contributed by atoms with Gasteiger partial charge >= 0.3 is 0 Å². The van der Waals surface area contributed by atoms with Crippen molar-refractivity contribution in [2.75, 3.05) is 12.4 Å². The first-order valence-corrected chi connectivity index (χ1v) is 8.67. The lowest BCUT2D eigenvalue weighted by Gasteiger charge is -2.24. The molecule has 2 aromatic rings. The smallest absolute Gasteiger partial charge is 0.260 e. The average molecular weight is 378 g/mol. The van der Waals surface area contributed by atoms with Gasteiger partial charge in [0.05, 0.1) is 24.9 Å². The predicted octanol–water partition coefficient (Wildman–Crippen LogP) is 4.41. The van der Waals surface area contributed by atoms with Crippen molar-refractivity contribution in [3.05, 3.63) is 40.5 Å². The first kappa shape index (κ1) is 16.1. The molecule has 0 radical (unpaired) electrons. The van der Waals surface area contributed by atoms with E-state index in [1.807, 2.05) is 16.8 Å². The van der Waals surface area contributed by atoms with Gasteiger partial charge in [-0.1, -0.05) is 35.2 Å². The van der Waals surface area contributed by atoms with Gasteiger partial charge in [0.15, 0.2) is 0 Å². The lowest BCUT2D eigenvalue weighted by Crippen LogP contribution is -2.20. The minimum absolute atomic E-state index is 0.188. The van der Waals surface area contributed by atoms with E-state index in [-0.39, 0.29) is 5.91 Å². The van der Waals surface area contributed by atoms with E-state index in [0.717, 1.165) is 23.1 Å². The number of amides is 1. The summed E-state index contributed by atoms with van der Waals surface area (Å²) in [6, 6.07) is 7.58. The second kappa shape index (κ2) is 7.17. The van der Waals surface area contributed by atoms with Gasteiger partial charge in [-0.25, -0.2) is 4.68 Å². The SMILES string of the molecule is COc1cc(Br)ccc1C(=O)Nc1ccnn1C1CCCCC1. The highest BCUT2D eigenvalue weighted by Gasteiger charge is 2.20. The fourth-order valence-corrected chi connectivity index (χ4v) is 3.41. The number of rotatable bonds is 4. The molecule has 5 nitrogen and oxygen atoms in total. The lowest BCUT2D eigenvalue weighted by atomic mass is 9.96. The molecule has 1 amide bonds. The molecule has 1 aromatic carbocycles. The highest BCUT2D eigenvalue weighted by Crippen LogP contribution is 2.30. The van der Waals surface area contributed by atoms with Gasteiger partial charge in [-0.15, -0.1) is 0 Å². The summed E-state index contributed by atoms with van der Waals surface area (Å²) in [5.41, 5.74) is 0.507. The Morgan fingerprint density at radius 1 is 1.30 bits per heavy atom. The molecule has 1 saturated carbocycles. The topological polar surface area (TPSA) is 56.1 Å². The molecule has 6 heteroatoms. The minimum atomic E-state index is -0.188. The fraction of sp³-hybridized carbons (Fsp3) is 0.412. The highest BCUT2D eigenvalue weighted by atomic mass is 79.9. The normalized spacial score (nSPS) is 15.4. The number of carbonyl (C=O) groups excluding carboxylic acids is 1. The summed E-state index contributed by atoms with van der Waals surface area (Å²) in [6.45, 7) is 0. The molecule has 1 aliphatic rings. The maximum atomic E-state index is 12.6. The summed E-state index contributed by atoms with van der Waals surface area (Å²) in [5.74, 6) is 1.10. The van der Waals surface area contributed by atoms with Crippen molar-refractivity contribution in [1.82, 2.24) is 9.78 Å². The van der Waals surface area contributed by atoms with Crippen molar-refractivity contribution >= 4 is 27.7 Å². The molecule has 0 saturated heterocycles. The Labute approximate surface area is 144 Å². The second-order valence-electron chi connectivity index (χ2n) is 5.75. The number of carbonyl (C=O) groups is 1. The Balaban J connectivity index is 1.80. The maximum Gasteiger partial charge on any atom is 0.260 e. The molecule has 1 aromatic heterocycles. The van der Waals surface area contributed by atoms with Crippen LogP contribution in [0.15, 0.2) is 34.9 Å². The Kier molecular flexibility index (Phi) is 5.00. The number of nitrogens with one attached hydrogen (secondary N) is 1. The van der Waals surface area contributed by atoms with Crippen LogP contribution in [0.3, 0.4) is 0 Å². The zero-order chi connectivity index (χ0) is 16.2. The van der Waals surface area contributed by atoms with Crippen molar-refractivity contribution in [2.45, 2.75) is 38.1 Å². The molecule has 23 heavy (non-hydrogen) atoms. The number of hydrogen-bond donors (Lipinski definition) is 1. The van der Waals surface area contributed by atoms with Crippen LogP contribution in [0.2, 0.25) is 0 Å². The van der Waals surface area contributed by atoms with Gasteiger partial charge in [0.1, 0.15) is 11.6 Å². The third-order valence-corrected chi connectivity index (χ3v) is 4.73. The number of ether oxygens (including phenoxy) is 1. The molecule has 0 aliphatic heterocycles. The summed E-state index contributed by atoms with van der Waals surface area (Å²) >= 11 is 3.38. The molecule has 3 rings (SSSR count). The van der Waals surface area contributed by atoms with Crippen LogP contribution in [0.4, 0.5) is 5.82 Å². The Morgan fingerprint density at radius 3 is 2.83 bits per heavy atom. The number of anilines is 1. The molecule has 1 aliphatic carbocycles. The van der Waals surface area contributed by atoms with E-state index in [1.165, 1.54) is 19.3 Å². The van der Waals surface area contributed by atoms with E-state index < -0.39 is 0 Å². The third-order valence-electron chi connectivity index (χ3n) is 4.24. The van der Waals surface area contributed by atoms with Gasteiger partial charge in [0.25, 0.3) is 5.91 Å². The van der Waals surface area contributed by atoms with Gasteiger partial charge in [0.2, 0.25) is 0 Å². The second-order valence-corrected chi connectivity index (χ2v) is 6.67. The molecule has 0 spiro atoms. The fourth-order valence-electron chi connectivity index (χ4n) is 3.07.